The van der Waals surface area contributed by atoms with Crippen molar-refractivity contribution in [3.05, 3.63) is 64.9 Å². The molecular weight excluding hydrogens is 402 g/mol. The highest BCUT2D eigenvalue weighted by Crippen LogP contribution is 2.37. The van der Waals surface area contributed by atoms with E-state index in [1.54, 1.807) is 12.1 Å². The van der Waals surface area contributed by atoms with Crippen molar-refractivity contribution in [1.82, 2.24) is 9.80 Å². The van der Waals surface area contributed by atoms with Gasteiger partial charge in [0.1, 0.15) is 11.4 Å². The van der Waals surface area contributed by atoms with E-state index in [0.29, 0.717) is 29.3 Å². The molecule has 0 atom stereocenters. The second-order valence-corrected chi connectivity index (χ2v) is 8.34. The zero-order valence-electron chi connectivity index (χ0n) is 19.4. The van der Waals surface area contributed by atoms with Gasteiger partial charge in [0, 0.05) is 32.2 Å². The fraction of sp³-hybridized carbons (Fsp3) is 0.385. The van der Waals surface area contributed by atoms with E-state index in [9.17, 15) is 9.59 Å². The van der Waals surface area contributed by atoms with Crippen molar-refractivity contribution in [3.63, 3.8) is 0 Å². The lowest BCUT2D eigenvalue weighted by atomic mass is 9.97. The van der Waals surface area contributed by atoms with E-state index in [2.05, 4.69) is 22.8 Å². The maximum Gasteiger partial charge on any atom is 0.282 e. The number of anilines is 1. The van der Waals surface area contributed by atoms with Crippen molar-refractivity contribution in [2.45, 2.75) is 27.7 Å². The maximum atomic E-state index is 13.8. The first-order valence-electron chi connectivity index (χ1n) is 11.4. The van der Waals surface area contributed by atoms with Crippen LogP contribution in [0.15, 0.2) is 48.2 Å². The highest BCUT2D eigenvalue weighted by atomic mass is 16.5. The topological polar surface area (TPSA) is 53.1 Å². The Kier molecular flexibility index (Phi) is 6.33. The molecule has 2 aliphatic rings. The molecule has 168 valence electrons. The SMILES string of the molecule is CCOc1cccc(N2C(=O)C(c3ccc(C)cc3C)=C(N3CCN(CC)CC3)C2=O)c1. The Morgan fingerprint density at radius 2 is 1.66 bits per heavy atom. The Hall–Kier alpha value is -3.12. The monoisotopic (exact) mass is 433 g/mol. The van der Waals surface area contributed by atoms with Gasteiger partial charge in [-0.25, -0.2) is 4.90 Å². The molecule has 6 heteroatoms. The molecule has 2 aromatic rings. The number of piperazine rings is 1. The zero-order valence-corrected chi connectivity index (χ0v) is 19.4. The van der Waals surface area contributed by atoms with Crippen molar-refractivity contribution in [3.8, 4) is 5.75 Å². The number of nitrogens with zero attached hydrogens (tertiary/aromatic N) is 3. The van der Waals surface area contributed by atoms with Crippen LogP contribution in [-0.4, -0.2) is 60.9 Å². The molecule has 2 amide bonds. The number of amides is 2. The molecule has 0 saturated carbocycles. The smallest absolute Gasteiger partial charge is 0.282 e. The summed E-state index contributed by atoms with van der Waals surface area (Å²) in [6.45, 7) is 12.8. The molecule has 0 N–H and O–H groups in total. The molecule has 6 nitrogen and oxygen atoms in total. The van der Waals surface area contributed by atoms with E-state index in [0.717, 1.165) is 49.4 Å². The van der Waals surface area contributed by atoms with Crippen molar-refractivity contribution < 1.29 is 14.3 Å². The zero-order chi connectivity index (χ0) is 22.8. The maximum absolute atomic E-state index is 13.8. The van der Waals surface area contributed by atoms with Crippen LogP contribution in [-0.2, 0) is 9.59 Å². The molecule has 0 spiro atoms. The molecule has 0 aromatic heterocycles. The van der Waals surface area contributed by atoms with E-state index in [-0.39, 0.29) is 11.8 Å². The van der Waals surface area contributed by atoms with Crippen molar-refractivity contribution in [2.75, 3.05) is 44.2 Å². The third-order valence-electron chi connectivity index (χ3n) is 6.23. The van der Waals surface area contributed by atoms with Crippen LogP contribution in [0, 0.1) is 13.8 Å². The van der Waals surface area contributed by atoms with Crippen molar-refractivity contribution in [2.24, 2.45) is 0 Å². The van der Waals surface area contributed by atoms with Gasteiger partial charge in [0.25, 0.3) is 11.8 Å². The normalized spacial score (nSPS) is 17.5. The van der Waals surface area contributed by atoms with Crippen LogP contribution in [0.2, 0.25) is 0 Å². The molecule has 32 heavy (non-hydrogen) atoms. The van der Waals surface area contributed by atoms with Gasteiger partial charge in [-0.1, -0.05) is 36.8 Å². The molecule has 4 rings (SSSR count). The number of imide groups is 1. The summed E-state index contributed by atoms with van der Waals surface area (Å²) in [4.78, 5) is 33.3. The van der Waals surface area contributed by atoms with Gasteiger partial charge >= 0.3 is 0 Å². The van der Waals surface area contributed by atoms with Crippen LogP contribution in [0.25, 0.3) is 5.57 Å². The lowest BCUT2D eigenvalue weighted by Gasteiger charge is -2.36. The second-order valence-electron chi connectivity index (χ2n) is 8.34. The summed E-state index contributed by atoms with van der Waals surface area (Å²) in [5.74, 6) is 0.107. The molecule has 2 heterocycles. The molecule has 1 fully saturated rings. The summed E-state index contributed by atoms with van der Waals surface area (Å²) in [6.07, 6.45) is 0. The van der Waals surface area contributed by atoms with Crippen LogP contribution >= 0.6 is 0 Å². The second kappa shape index (κ2) is 9.17. The summed E-state index contributed by atoms with van der Waals surface area (Å²) < 4.78 is 5.61. The summed E-state index contributed by atoms with van der Waals surface area (Å²) in [5, 5.41) is 0. The van der Waals surface area contributed by atoms with Gasteiger partial charge in [0.05, 0.1) is 17.9 Å². The third kappa shape index (κ3) is 4.02. The minimum Gasteiger partial charge on any atom is -0.494 e. The number of rotatable bonds is 6. The van der Waals surface area contributed by atoms with Crippen LogP contribution in [0.3, 0.4) is 0 Å². The average Bonchev–Trinajstić information content (AvgIpc) is 3.04. The highest BCUT2D eigenvalue weighted by molar-refractivity contribution is 6.45. The standard InChI is InChI=1S/C26H31N3O3/c1-5-27-12-14-28(15-13-27)24-23(22-11-10-18(3)16-19(22)4)25(30)29(26(24)31)20-8-7-9-21(17-20)32-6-2/h7-11,16-17H,5-6,12-15H2,1-4H3. The van der Waals surface area contributed by atoms with Crippen molar-refractivity contribution in [1.29, 1.82) is 0 Å². The Morgan fingerprint density at radius 3 is 2.31 bits per heavy atom. The van der Waals surface area contributed by atoms with Gasteiger partial charge in [-0.15, -0.1) is 0 Å². The summed E-state index contributed by atoms with van der Waals surface area (Å²) in [5.41, 5.74) is 4.50. The number of carbonyl (C=O) groups is 2. The van der Waals surface area contributed by atoms with Crippen LogP contribution < -0.4 is 9.64 Å². The first-order valence-corrected chi connectivity index (χ1v) is 11.4. The molecule has 2 aliphatic heterocycles. The minimum atomic E-state index is -0.275. The molecule has 1 saturated heterocycles. The fourth-order valence-electron chi connectivity index (χ4n) is 4.55. The van der Waals surface area contributed by atoms with E-state index in [1.165, 1.54) is 4.90 Å². The first-order chi connectivity index (χ1) is 15.4. The lowest BCUT2D eigenvalue weighted by molar-refractivity contribution is -0.120. The van der Waals surface area contributed by atoms with E-state index in [4.69, 9.17) is 4.74 Å². The van der Waals surface area contributed by atoms with Crippen LogP contribution in [0.5, 0.6) is 5.75 Å². The summed E-state index contributed by atoms with van der Waals surface area (Å²) >= 11 is 0. The number of benzene rings is 2. The molecule has 0 unspecified atom stereocenters. The molecule has 2 aromatic carbocycles. The third-order valence-corrected chi connectivity index (χ3v) is 6.23. The van der Waals surface area contributed by atoms with E-state index >= 15 is 0 Å². The number of ether oxygens (including phenoxy) is 1. The number of hydrogen-bond donors (Lipinski definition) is 0. The minimum absolute atomic E-state index is 0.261. The molecule has 0 bridgehead atoms. The number of hydrogen-bond acceptors (Lipinski definition) is 5. The van der Waals surface area contributed by atoms with Crippen LogP contribution in [0.4, 0.5) is 5.69 Å². The predicted molar refractivity (Wildman–Crippen MR) is 127 cm³/mol. The van der Waals surface area contributed by atoms with Crippen molar-refractivity contribution >= 4 is 23.1 Å². The first kappa shape index (κ1) is 22.1. The van der Waals surface area contributed by atoms with E-state index in [1.807, 2.05) is 45.0 Å². The van der Waals surface area contributed by atoms with Gasteiger partial charge in [0.2, 0.25) is 0 Å². The quantitative estimate of drug-likeness (QED) is 0.652. The van der Waals surface area contributed by atoms with Gasteiger partial charge in [-0.3, -0.25) is 9.59 Å². The number of carbonyl (C=O) groups excluding carboxylic acids is 2. The predicted octanol–water partition coefficient (Wildman–Crippen LogP) is 3.62. The van der Waals surface area contributed by atoms with Crippen LogP contribution in [0.1, 0.15) is 30.5 Å². The Labute approximate surface area is 190 Å². The molecule has 0 radical (unpaired) electrons. The molecule has 0 aliphatic carbocycles. The van der Waals surface area contributed by atoms with Gasteiger partial charge < -0.3 is 14.5 Å². The Bertz CT molecular complexity index is 1070. The molecular formula is C26H31N3O3. The summed E-state index contributed by atoms with van der Waals surface area (Å²) in [7, 11) is 0. The number of aryl methyl sites for hydroxylation is 2. The summed E-state index contributed by atoms with van der Waals surface area (Å²) in [6, 6.07) is 13.2. The van der Waals surface area contributed by atoms with Gasteiger partial charge in [-0.05, 0) is 50.6 Å². The fourth-order valence-corrected chi connectivity index (χ4v) is 4.55. The van der Waals surface area contributed by atoms with E-state index < -0.39 is 0 Å². The largest absolute Gasteiger partial charge is 0.494 e. The lowest BCUT2D eigenvalue weighted by Crippen LogP contribution is -2.47. The Balaban J connectivity index is 1.79. The van der Waals surface area contributed by atoms with Gasteiger partial charge in [0.15, 0.2) is 0 Å². The highest BCUT2D eigenvalue weighted by Gasteiger charge is 2.43. The van der Waals surface area contributed by atoms with Gasteiger partial charge in [-0.2, -0.15) is 0 Å². The Morgan fingerprint density at radius 1 is 0.906 bits per heavy atom. The average molecular weight is 434 g/mol. The number of likely N-dealkylation sites (N-methyl/N-ethyl adjacent to an activating group) is 1.